The van der Waals surface area contributed by atoms with Crippen LogP contribution in [-0.4, -0.2) is 45.1 Å². The molecule has 156 valence electrons. The molecule has 4 N–H and O–H groups in total. The normalized spacial score (nSPS) is 14.3. The van der Waals surface area contributed by atoms with E-state index in [1.54, 1.807) is 13.1 Å². The lowest BCUT2D eigenvalue weighted by atomic mass is 9.91. The first-order valence-electron chi connectivity index (χ1n) is 9.73. The fourth-order valence-electron chi connectivity index (χ4n) is 3.52. The van der Waals surface area contributed by atoms with E-state index in [-0.39, 0.29) is 5.41 Å². The van der Waals surface area contributed by atoms with Crippen molar-refractivity contribution in [2.24, 2.45) is 0 Å². The molecule has 0 radical (unpaired) electrons. The highest BCUT2D eigenvalue weighted by Crippen LogP contribution is 2.41. The van der Waals surface area contributed by atoms with Gasteiger partial charge in [0.05, 0.1) is 23.7 Å². The predicted octanol–water partition coefficient (Wildman–Crippen LogP) is 2.86. The fourth-order valence-corrected chi connectivity index (χ4v) is 3.52. The molecule has 1 aliphatic rings. The molecule has 30 heavy (non-hydrogen) atoms. The molecule has 0 saturated heterocycles. The van der Waals surface area contributed by atoms with Crippen molar-refractivity contribution in [2.45, 2.75) is 26.2 Å². The zero-order valence-corrected chi connectivity index (χ0v) is 17.5. The minimum absolute atomic E-state index is 0.111. The number of nitrogens with one attached hydrogen (secondary N) is 2. The Balaban J connectivity index is 1.67. The summed E-state index contributed by atoms with van der Waals surface area (Å²) in [4.78, 5) is 24.3. The summed E-state index contributed by atoms with van der Waals surface area (Å²) in [7, 11) is 1.75. The number of hydrogen-bond donors (Lipinski definition) is 3. The van der Waals surface area contributed by atoms with Gasteiger partial charge in [-0.25, -0.2) is 9.97 Å². The van der Waals surface area contributed by atoms with Crippen molar-refractivity contribution in [3.63, 3.8) is 0 Å². The molecular formula is C20H25N9O. The van der Waals surface area contributed by atoms with Gasteiger partial charge in [-0.3, -0.25) is 4.98 Å². The van der Waals surface area contributed by atoms with Crippen LogP contribution in [0.15, 0.2) is 30.7 Å². The van der Waals surface area contributed by atoms with Gasteiger partial charge in [-0.15, -0.1) is 0 Å². The second-order valence-electron chi connectivity index (χ2n) is 7.54. The Labute approximate surface area is 175 Å². The third kappa shape index (κ3) is 3.51. The average Bonchev–Trinajstić information content (AvgIpc) is 3.01. The van der Waals surface area contributed by atoms with Crippen molar-refractivity contribution in [2.75, 3.05) is 41.5 Å². The first-order valence-corrected chi connectivity index (χ1v) is 9.73. The summed E-state index contributed by atoms with van der Waals surface area (Å²) in [5.74, 6) is 1.87. The van der Waals surface area contributed by atoms with Crippen LogP contribution < -0.4 is 26.0 Å². The van der Waals surface area contributed by atoms with Gasteiger partial charge in [0.2, 0.25) is 17.8 Å². The summed E-state index contributed by atoms with van der Waals surface area (Å²) >= 11 is 0. The number of nitrogen functional groups attached to an aromatic ring is 1. The average molecular weight is 407 g/mol. The summed E-state index contributed by atoms with van der Waals surface area (Å²) in [5.41, 5.74) is 9.05. The van der Waals surface area contributed by atoms with Crippen LogP contribution in [-0.2, 0) is 5.41 Å². The summed E-state index contributed by atoms with van der Waals surface area (Å²) in [6.07, 6.45) is 3.29. The molecular weight excluding hydrogens is 382 g/mol. The maximum atomic E-state index is 6.07. The maximum absolute atomic E-state index is 6.07. The number of fused-ring (bicyclic) bond motifs is 1. The second-order valence-corrected chi connectivity index (χ2v) is 7.54. The maximum Gasteiger partial charge on any atom is 0.239 e. The lowest BCUT2D eigenvalue weighted by Gasteiger charge is -2.20. The highest BCUT2D eigenvalue weighted by Gasteiger charge is 2.38. The van der Waals surface area contributed by atoms with Crippen LogP contribution in [0.2, 0.25) is 0 Å². The highest BCUT2D eigenvalue weighted by atomic mass is 16.5. The van der Waals surface area contributed by atoms with Gasteiger partial charge in [0.25, 0.3) is 0 Å². The molecule has 0 saturated carbocycles. The number of ether oxygens (including phenoxy) is 1. The standard InChI is InChI=1S/C20H25N9O/c1-5-30-17-13(9-12(21)16(22-4)27-17)26-18-24-11-25-19(28-18)29-10-20(2,3)15-14(29)7-6-8-23-15/h6-9,11H,5,10,21H2,1-4H3,(H,22,27)(H,24,25,26,28). The van der Waals surface area contributed by atoms with Crippen molar-refractivity contribution in [1.82, 2.24) is 24.9 Å². The Kier molecular flexibility index (Phi) is 4.98. The van der Waals surface area contributed by atoms with Gasteiger partial charge >= 0.3 is 0 Å². The third-order valence-electron chi connectivity index (χ3n) is 4.85. The van der Waals surface area contributed by atoms with Gasteiger partial charge in [0.15, 0.2) is 5.82 Å². The lowest BCUT2D eigenvalue weighted by Crippen LogP contribution is -2.26. The summed E-state index contributed by atoms with van der Waals surface area (Å²) in [5, 5.41) is 6.11. The van der Waals surface area contributed by atoms with E-state index in [0.717, 1.165) is 17.9 Å². The molecule has 0 fully saturated rings. The van der Waals surface area contributed by atoms with Crippen LogP contribution >= 0.6 is 0 Å². The van der Waals surface area contributed by atoms with Crippen LogP contribution in [0.4, 0.5) is 34.8 Å². The van der Waals surface area contributed by atoms with E-state index in [9.17, 15) is 0 Å². The number of pyridine rings is 2. The molecule has 3 aromatic rings. The monoisotopic (exact) mass is 407 g/mol. The molecule has 0 aliphatic carbocycles. The van der Waals surface area contributed by atoms with E-state index in [4.69, 9.17) is 10.5 Å². The minimum Gasteiger partial charge on any atom is -0.476 e. The number of hydrogen-bond acceptors (Lipinski definition) is 10. The fraction of sp³-hybridized carbons (Fsp3) is 0.350. The van der Waals surface area contributed by atoms with Gasteiger partial charge in [0.1, 0.15) is 12.0 Å². The van der Waals surface area contributed by atoms with Gasteiger partial charge in [-0.05, 0) is 25.1 Å². The van der Waals surface area contributed by atoms with Crippen molar-refractivity contribution >= 4 is 34.8 Å². The first kappa shape index (κ1) is 19.6. The zero-order chi connectivity index (χ0) is 21.3. The summed E-state index contributed by atoms with van der Waals surface area (Å²) < 4.78 is 5.65. The number of anilines is 6. The highest BCUT2D eigenvalue weighted by molar-refractivity contribution is 5.73. The van der Waals surface area contributed by atoms with Crippen LogP contribution in [0.1, 0.15) is 26.5 Å². The molecule has 1 aliphatic heterocycles. The van der Waals surface area contributed by atoms with Crippen LogP contribution in [0.5, 0.6) is 5.88 Å². The van der Waals surface area contributed by atoms with Crippen molar-refractivity contribution in [3.8, 4) is 5.88 Å². The Hall–Kier alpha value is -3.69. The summed E-state index contributed by atoms with van der Waals surface area (Å²) in [6.45, 7) is 7.39. The van der Waals surface area contributed by atoms with Crippen molar-refractivity contribution in [1.29, 1.82) is 0 Å². The van der Waals surface area contributed by atoms with Gasteiger partial charge < -0.3 is 26.0 Å². The number of nitrogens with two attached hydrogens (primary N) is 1. The zero-order valence-electron chi connectivity index (χ0n) is 17.5. The number of rotatable bonds is 6. The molecule has 4 rings (SSSR count). The quantitative estimate of drug-likeness (QED) is 0.561. The van der Waals surface area contributed by atoms with E-state index in [2.05, 4.69) is 54.3 Å². The van der Waals surface area contributed by atoms with E-state index in [0.29, 0.717) is 41.6 Å². The van der Waals surface area contributed by atoms with E-state index in [1.807, 2.05) is 25.3 Å². The minimum atomic E-state index is -0.111. The van der Waals surface area contributed by atoms with E-state index >= 15 is 0 Å². The molecule has 0 bridgehead atoms. The molecule has 10 heteroatoms. The third-order valence-corrected chi connectivity index (χ3v) is 4.85. The molecule has 4 heterocycles. The number of aromatic nitrogens is 5. The molecule has 10 nitrogen and oxygen atoms in total. The van der Waals surface area contributed by atoms with E-state index < -0.39 is 0 Å². The SMILES string of the molecule is CCOc1nc(NC)c(N)cc1Nc1ncnc(N2CC(C)(C)c3ncccc32)n1. The topological polar surface area (TPSA) is 127 Å². The molecule has 0 atom stereocenters. The Morgan fingerprint density at radius 3 is 2.83 bits per heavy atom. The largest absolute Gasteiger partial charge is 0.476 e. The van der Waals surface area contributed by atoms with Crippen LogP contribution in [0.25, 0.3) is 0 Å². The Morgan fingerprint density at radius 1 is 1.23 bits per heavy atom. The smallest absolute Gasteiger partial charge is 0.239 e. The van der Waals surface area contributed by atoms with Crippen molar-refractivity contribution < 1.29 is 4.74 Å². The Bertz CT molecular complexity index is 1070. The lowest BCUT2D eigenvalue weighted by molar-refractivity contribution is 0.329. The first-order chi connectivity index (χ1) is 14.4. The summed E-state index contributed by atoms with van der Waals surface area (Å²) in [6, 6.07) is 5.69. The molecule has 3 aromatic heterocycles. The second kappa shape index (κ2) is 7.62. The van der Waals surface area contributed by atoms with Gasteiger partial charge in [-0.2, -0.15) is 9.97 Å². The molecule has 0 spiro atoms. The van der Waals surface area contributed by atoms with Gasteiger partial charge in [-0.1, -0.05) is 13.8 Å². The van der Waals surface area contributed by atoms with Crippen LogP contribution in [0.3, 0.4) is 0 Å². The molecule has 0 aromatic carbocycles. The van der Waals surface area contributed by atoms with Crippen LogP contribution in [0, 0.1) is 0 Å². The van der Waals surface area contributed by atoms with Gasteiger partial charge in [0, 0.05) is 25.2 Å². The van der Waals surface area contributed by atoms with E-state index in [1.165, 1.54) is 6.33 Å². The predicted molar refractivity (Wildman–Crippen MR) is 117 cm³/mol. The number of nitrogens with zero attached hydrogens (tertiary/aromatic N) is 6. The molecule has 0 unspecified atom stereocenters. The van der Waals surface area contributed by atoms with Crippen molar-refractivity contribution in [3.05, 3.63) is 36.4 Å². The molecule has 0 amide bonds. The Morgan fingerprint density at radius 2 is 2.07 bits per heavy atom.